The van der Waals surface area contributed by atoms with E-state index in [0.717, 1.165) is 11.6 Å². The second kappa shape index (κ2) is 6.28. The van der Waals surface area contributed by atoms with Gasteiger partial charge in [0.25, 0.3) is 10.0 Å². The Morgan fingerprint density at radius 3 is 2.43 bits per heavy atom. The van der Waals surface area contributed by atoms with E-state index in [1.165, 1.54) is 0 Å². The maximum absolute atomic E-state index is 12.4. The van der Waals surface area contributed by atoms with E-state index in [2.05, 4.69) is 14.9 Å². The average Bonchev–Trinajstić information content (AvgIpc) is 2.78. The van der Waals surface area contributed by atoms with Crippen LogP contribution in [-0.2, 0) is 22.6 Å². The summed E-state index contributed by atoms with van der Waals surface area (Å²) in [5, 5.41) is 3.28. The van der Waals surface area contributed by atoms with Crippen LogP contribution in [0.3, 0.4) is 0 Å². The number of rotatable bonds is 5. The van der Waals surface area contributed by atoms with Crippen LogP contribution < -0.4 is 4.72 Å². The molecule has 0 aliphatic carbocycles. The van der Waals surface area contributed by atoms with E-state index in [-0.39, 0.29) is 6.54 Å². The second-order valence-corrected chi connectivity index (χ2v) is 6.55. The highest BCUT2D eigenvalue weighted by Crippen LogP contribution is 2.28. The molecule has 0 unspecified atom stereocenters. The van der Waals surface area contributed by atoms with Gasteiger partial charge in [-0.1, -0.05) is 5.16 Å². The molecule has 23 heavy (non-hydrogen) atoms. The van der Waals surface area contributed by atoms with Crippen LogP contribution in [0.25, 0.3) is 0 Å². The Hall–Kier alpha value is -1.94. The lowest BCUT2D eigenvalue weighted by Crippen LogP contribution is -2.27. The number of nitrogens with one attached hydrogen (secondary N) is 1. The van der Waals surface area contributed by atoms with Crippen molar-refractivity contribution in [3.8, 4) is 0 Å². The molecule has 6 nitrogen and oxygen atoms in total. The maximum Gasteiger partial charge on any atom is 0.417 e. The van der Waals surface area contributed by atoms with Crippen LogP contribution in [-0.4, -0.2) is 25.1 Å². The van der Waals surface area contributed by atoms with Gasteiger partial charge < -0.3 is 4.52 Å². The normalized spacial score (nSPS) is 12.6. The van der Waals surface area contributed by atoms with Crippen molar-refractivity contribution in [3.05, 3.63) is 40.9 Å². The molecule has 0 fully saturated rings. The SMILES string of the molecule is Cc1noc(C)c1CCNS(=O)(=O)c1ccc(C(F)(F)F)cn1. The fourth-order valence-corrected chi connectivity index (χ4v) is 2.91. The molecule has 2 heterocycles. The van der Waals surface area contributed by atoms with E-state index < -0.39 is 26.8 Å². The van der Waals surface area contributed by atoms with Gasteiger partial charge >= 0.3 is 6.18 Å². The van der Waals surface area contributed by atoms with Crippen LogP contribution in [0.4, 0.5) is 13.2 Å². The summed E-state index contributed by atoms with van der Waals surface area (Å²) < 4.78 is 68.5. The van der Waals surface area contributed by atoms with Crippen molar-refractivity contribution in [2.24, 2.45) is 0 Å². The highest BCUT2D eigenvalue weighted by molar-refractivity contribution is 7.89. The molecular weight excluding hydrogens is 335 g/mol. The Balaban J connectivity index is 2.04. The number of hydrogen-bond acceptors (Lipinski definition) is 5. The van der Waals surface area contributed by atoms with Gasteiger partial charge in [0.1, 0.15) is 5.76 Å². The quantitative estimate of drug-likeness (QED) is 0.895. The third-order valence-corrected chi connectivity index (χ3v) is 4.56. The smallest absolute Gasteiger partial charge is 0.361 e. The third-order valence-electron chi connectivity index (χ3n) is 3.19. The molecule has 126 valence electrons. The molecule has 0 saturated heterocycles. The molecule has 0 bridgehead atoms. The van der Waals surface area contributed by atoms with Gasteiger partial charge in [-0.2, -0.15) is 13.2 Å². The molecular formula is C13H14F3N3O3S. The van der Waals surface area contributed by atoms with Crippen molar-refractivity contribution >= 4 is 10.0 Å². The maximum atomic E-state index is 12.4. The van der Waals surface area contributed by atoms with Crippen molar-refractivity contribution in [2.45, 2.75) is 31.5 Å². The predicted molar refractivity (Wildman–Crippen MR) is 74.1 cm³/mol. The number of sulfonamides is 1. The summed E-state index contributed by atoms with van der Waals surface area (Å²) in [6.07, 6.45) is -3.73. The summed E-state index contributed by atoms with van der Waals surface area (Å²) in [7, 11) is -3.98. The van der Waals surface area contributed by atoms with Crippen LogP contribution in [0.2, 0.25) is 0 Å². The summed E-state index contributed by atoms with van der Waals surface area (Å²) in [6, 6.07) is 1.50. The highest BCUT2D eigenvalue weighted by atomic mass is 32.2. The lowest BCUT2D eigenvalue weighted by Gasteiger charge is -2.08. The Morgan fingerprint density at radius 2 is 1.96 bits per heavy atom. The zero-order chi connectivity index (χ0) is 17.3. The zero-order valence-corrected chi connectivity index (χ0v) is 13.1. The fourth-order valence-electron chi connectivity index (χ4n) is 1.95. The van der Waals surface area contributed by atoms with Crippen molar-refractivity contribution in [2.75, 3.05) is 6.54 Å². The zero-order valence-electron chi connectivity index (χ0n) is 12.3. The minimum absolute atomic E-state index is 0.0495. The number of pyridine rings is 1. The molecule has 10 heteroatoms. The van der Waals surface area contributed by atoms with E-state index in [9.17, 15) is 21.6 Å². The van der Waals surface area contributed by atoms with Gasteiger partial charge in [0.15, 0.2) is 5.03 Å². The third kappa shape index (κ3) is 4.08. The minimum atomic E-state index is -4.56. The van der Waals surface area contributed by atoms with Crippen LogP contribution >= 0.6 is 0 Å². The van der Waals surface area contributed by atoms with Crippen molar-refractivity contribution < 1.29 is 26.1 Å². The number of nitrogens with zero attached hydrogens (tertiary/aromatic N) is 2. The molecule has 2 aromatic rings. The van der Waals surface area contributed by atoms with Crippen LogP contribution in [0.15, 0.2) is 27.9 Å². The number of aromatic nitrogens is 2. The molecule has 0 radical (unpaired) electrons. The predicted octanol–water partition coefficient (Wildman–Crippen LogP) is 2.23. The summed E-state index contributed by atoms with van der Waals surface area (Å²) in [5.41, 5.74) is 0.439. The van der Waals surface area contributed by atoms with E-state index in [4.69, 9.17) is 4.52 Å². The average molecular weight is 349 g/mol. The van der Waals surface area contributed by atoms with Crippen molar-refractivity contribution in [1.82, 2.24) is 14.9 Å². The van der Waals surface area contributed by atoms with E-state index in [0.29, 0.717) is 30.1 Å². The molecule has 0 spiro atoms. The molecule has 0 aliphatic heterocycles. The first-order valence-corrected chi connectivity index (χ1v) is 8.04. The Bertz CT molecular complexity index is 764. The summed E-state index contributed by atoms with van der Waals surface area (Å²) in [4.78, 5) is 3.37. The van der Waals surface area contributed by atoms with Gasteiger partial charge in [-0.25, -0.2) is 18.1 Å². The molecule has 2 rings (SSSR count). The highest BCUT2D eigenvalue weighted by Gasteiger charge is 2.31. The van der Waals surface area contributed by atoms with Gasteiger partial charge in [-0.15, -0.1) is 0 Å². The topological polar surface area (TPSA) is 85.1 Å². The van der Waals surface area contributed by atoms with Crippen LogP contribution in [0.5, 0.6) is 0 Å². The summed E-state index contributed by atoms with van der Waals surface area (Å²) in [6.45, 7) is 3.49. The van der Waals surface area contributed by atoms with E-state index >= 15 is 0 Å². The van der Waals surface area contributed by atoms with Gasteiger partial charge in [-0.05, 0) is 32.4 Å². The molecule has 0 atom stereocenters. The second-order valence-electron chi connectivity index (χ2n) is 4.83. The Morgan fingerprint density at radius 1 is 1.26 bits per heavy atom. The first-order valence-electron chi connectivity index (χ1n) is 6.56. The molecule has 1 N–H and O–H groups in total. The number of alkyl halides is 3. The largest absolute Gasteiger partial charge is 0.417 e. The fraction of sp³-hybridized carbons (Fsp3) is 0.385. The standard InChI is InChI=1S/C13H14F3N3O3S/c1-8-11(9(2)22-19-8)5-6-18-23(20,21)12-4-3-10(7-17-12)13(14,15)16/h3-4,7,18H,5-6H2,1-2H3. The Kier molecular flexibility index (Phi) is 4.76. The molecule has 2 aromatic heterocycles. The van der Waals surface area contributed by atoms with Gasteiger partial charge in [0.05, 0.1) is 11.3 Å². The monoisotopic (exact) mass is 349 g/mol. The first kappa shape index (κ1) is 17.4. The molecule has 0 amide bonds. The van der Waals surface area contributed by atoms with Crippen molar-refractivity contribution in [1.29, 1.82) is 0 Å². The minimum Gasteiger partial charge on any atom is -0.361 e. The van der Waals surface area contributed by atoms with Gasteiger partial charge in [0.2, 0.25) is 0 Å². The van der Waals surface area contributed by atoms with E-state index in [1.807, 2.05) is 0 Å². The number of aryl methyl sites for hydroxylation is 2. The Labute approximate surface area is 130 Å². The van der Waals surface area contributed by atoms with Crippen molar-refractivity contribution in [3.63, 3.8) is 0 Å². The number of halogens is 3. The van der Waals surface area contributed by atoms with Gasteiger partial charge in [0, 0.05) is 18.3 Å². The van der Waals surface area contributed by atoms with Crippen LogP contribution in [0.1, 0.15) is 22.6 Å². The van der Waals surface area contributed by atoms with Gasteiger partial charge in [-0.3, -0.25) is 0 Å². The first-order chi connectivity index (χ1) is 10.6. The lowest BCUT2D eigenvalue weighted by atomic mass is 10.1. The summed E-state index contributed by atoms with van der Waals surface area (Å²) >= 11 is 0. The van der Waals surface area contributed by atoms with E-state index in [1.54, 1.807) is 13.8 Å². The lowest BCUT2D eigenvalue weighted by molar-refractivity contribution is -0.137. The molecule has 0 saturated carbocycles. The van der Waals surface area contributed by atoms with Crippen LogP contribution in [0, 0.1) is 13.8 Å². The molecule has 0 aromatic carbocycles. The molecule has 0 aliphatic rings. The summed E-state index contributed by atoms with van der Waals surface area (Å²) in [5.74, 6) is 0.592. The number of hydrogen-bond donors (Lipinski definition) is 1.